The quantitative estimate of drug-likeness (QED) is 0.0232. The number of amides is 11. The third kappa shape index (κ3) is 53.6. The van der Waals surface area contributed by atoms with Crippen LogP contribution in [-0.2, 0) is 105 Å². The maximum absolute atomic E-state index is 14.2. The number of aliphatic hydroxyl groups excluding tert-OH is 9. The van der Waals surface area contributed by atoms with Gasteiger partial charge in [-0.15, -0.1) is 0 Å². The van der Waals surface area contributed by atoms with E-state index < -0.39 is 153 Å². The molecule has 0 aliphatic carbocycles. The Labute approximate surface area is 824 Å². The first-order valence-corrected chi connectivity index (χ1v) is 51.7. The molecular weight excluding hydrogens is 1870 g/mol. The Morgan fingerprint density at radius 3 is 1.12 bits per heavy atom. The summed E-state index contributed by atoms with van der Waals surface area (Å²) in [5, 5.41) is 119. The number of hydrogen-bond donors (Lipinski definition) is 19. The minimum Gasteiger partial charge on any atom is -0.450 e. The lowest BCUT2D eigenvalue weighted by atomic mass is 9.83. The zero-order valence-electron chi connectivity index (χ0n) is 82.5. The van der Waals surface area contributed by atoms with Crippen molar-refractivity contribution in [1.82, 2.24) is 58.1 Å². The topological polar surface area (TPSA) is 630 Å². The van der Waals surface area contributed by atoms with E-state index in [0.29, 0.717) is 142 Å². The van der Waals surface area contributed by atoms with Crippen molar-refractivity contribution in [2.75, 3.05) is 158 Å². The van der Waals surface area contributed by atoms with Crippen LogP contribution in [0.5, 0.6) is 0 Å². The monoisotopic (exact) mass is 2030 g/mol. The summed E-state index contributed by atoms with van der Waals surface area (Å²) in [7, 11) is 6.61. The molecule has 804 valence electrons. The van der Waals surface area contributed by atoms with Crippen molar-refractivity contribution < 1.29 is 165 Å². The number of nitrogens with one attached hydrogen (secondary N) is 10. The largest absolute Gasteiger partial charge is 0.450 e. The Morgan fingerprint density at radius 2 is 0.755 bits per heavy atom. The number of nitrogens with zero attached hydrogens (tertiary/aromatic N) is 1. The van der Waals surface area contributed by atoms with E-state index >= 15 is 0 Å². The zero-order chi connectivity index (χ0) is 102. The van der Waals surface area contributed by atoms with E-state index in [0.717, 1.165) is 44.9 Å². The van der Waals surface area contributed by atoms with E-state index in [1.54, 1.807) is 35.8 Å². The molecule has 15 unspecified atom stereocenters. The van der Waals surface area contributed by atoms with E-state index in [2.05, 4.69) is 67.0 Å². The average molecular weight is 2030 g/mol. The molecule has 4 aliphatic rings. The number of alkyl carbamates (subject to hydrolysis) is 3. The van der Waals surface area contributed by atoms with Crippen LogP contribution in [0.25, 0.3) is 0 Å². The van der Waals surface area contributed by atoms with Gasteiger partial charge in [0.2, 0.25) is 47.3 Å². The third-order valence-corrected chi connectivity index (χ3v) is 27.1. The number of carbonyl (C=O) groups excluding carboxylic acids is 12. The number of ether oxygens (including phenoxy) is 13. The van der Waals surface area contributed by atoms with Gasteiger partial charge in [-0.2, -0.15) is 0 Å². The molecule has 0 aromatic carbocycles. The highest BCUT2D eigenvalue weighted by atomic mass is 33.1. The molecule has 0 bridgehead atoms. The Morgan fingerprint density at radius 1 is 0.388 bits per heavy atom. The standard InChI is InChI=1S/C92H165N11O34S2/c1-62(107)99-76-82(119)79(116)68(58-104)135-85(76)129-45-22-29-71(111)93-39-16-8-11-19-42-96-88(122)132-48-25-35-92(36-26-49-133-89(123)97-43-20-12-9-17-40-94-72(112)30-23-46-130-86-77(100-63(2)108)83(120)80(117)69(59-105)136-86,37-27-50-134-90(124)98-44-21-13-10-18-41-95-73(113)31-24-47-131-87-78(101-64(3)109)84(121)81(118)70(60-106)137-87)102-74(114)34-51-127-52-53-128-54-55-138-139-91(4,5)38-33-66(110)28-14-15-32-75(115)103-57-67(126-7)56-65(103)61-125-6/h65,67-70,76-87,104-106,116-121H,8-61H2,1-7H3,(H,93,111)(H,94,112)(H,95,113)(H,96,122)(H,97,123)(H,98,124)(H,99,107)(H,100,108)(H,101,109)(H,102,114)/t65-,67+,68?,69?,70?,76?,77?,78?,79?,80?,81?,82?,83?,84?,85?,86?,87?,92?/m1/s1. The molecule has 47 heteroatoms. The number of carbonyl (C=O) groups is 12. The van der Waals surface area contributed by atoms with Gasteiger partial charge in [-0.1, -0.05) is 60.1 Å². The number of hydrogen-bond acceptors (Lipinski definition) is 36. The number of unbranched alkanes of at least 4 members (excludes halogenated alkanes) is 10. The van der Waals surface area contributed by atoms with Gasteiger partial charge in [0.1, 0.15) is 78.8 Å². The summed E-state index contributed by atoms with van der Waals surface area (Å²) >= 11 is 0. The van der Waals surface area contributed by atoms with Crippen molar-refractivity contribution in [1.29, 1.82) is 0 Å². The molecule has 0 saturated carbocycles. The Hall–Kier alpha value is -6.82. The number of rotatable bonds is 77. The molecule has 0 spiro atoms. The van der Waals surface area contributed by atoms with Crippen molar-refractivity contribution in [2.45, 2.75) is 354 Å². The number of methoxy groups -OCH3 is 2. The van der Waals surface area contributed by atoms with Crippen LogP contribution in [0, 0.1) is 0 Å². The second-order valence-electron chi connectivity index (χ2n) is 36.0. The van der Waals surface area contributed by atoms with Gasteiger partial charge in [0.25, 0.3) is 0 Å². The SMILES string of the molecule is COC[C@H]1C[C@H](OC)CN1C(=O)CCCCC(=O)CCC(C)(C)SSCCOCCOCCC(=O)NC(CCCOC(=O)NCCCCCCNC(=O)CCCOC1OC(CO)C(O)C(O)C1NC(C)=O)(CCCOC(=O)NCCCCCCNC(=O)CCCOC1OC(CO)C(O)C(O)C1NC(C)=O)CCCOC(=O)NCCCCCCNC(=O)CCCOC1OC(CO)C(O)C(O)C1NC(C)=O. The molecule has 0 aromatic rings. The lowest BCUT2D eigenvalue weighted by molar-refractivity contribution is -0.270. The van der Waals surface area contributed by atoms with Crippen LogP contribution >= 0.6 is 21.6 Å². The van der Waals surface area contributed by atoms with Crippen LogP contribution in [0.4, 0.5) is 14.4 Å². The molecule has 17 atom stereocenters. The summed E-state index contributed by atoms with van der Waals surface area (Å²) in [5.41, 5.74) is -1.01. The van der Waals surface area contributed by atoms with Crippen LogP contribution in [-0.4, -0.2) is 395 Å². The van der Waals surface area contributed by atoms with Crippen molar-refractivity contribution in [2.24, 2.45) is 0 Å². The average Bonchev–Trinajstić information content (AvgIpc) is 1.16. The van der Waals surface area contributed by atoms with E-state index in [1.807, 2.05) is 4.90 Å². The fourth-order valence-electron chi connectivity index (χ4n) is 16.1. The molecular formula is C92H165N11O34S2. The highest BCUT2D eigenvalue weighted by Gasteiger charge is 2.49. The highest BCUT2D eigenvalue weighted by molar-refractivity contribution is 8.77. The first-order valence-electron chi connectivity index (χ1n) is 49.4. The maximum Gasteiger partial charge on any atom is 0.407 e. The molecule has 4 rings (SSSR count). The number of likely N-dealkylation sites (tertiary alicyclic amines) is 1. The Kier molecular flexibility index (Phi) is 65.6. The van der Waals surface area contributed by atoms with Crippen LogP contribution in [0.1, 0.15) is 240 Å². The molecule has 139 heavy (non-hydrogen) atoms. The second-order valence-corrected chi connectivity index (χ2v) is 39.1. The molecule has 0 aromatic heterocycles. The van der Waals surface area contributed by atoms with Crippen LogP contribution < -0.4 is 53.2 Å². The molecule has 0 radical (unpaired) electrons. The van der Waals surface area contributed by atoms with E-state index in [-0.39, 0.29) is 195 Å². The van der Waals surface area contributed by atoms with Gasteiger partial charge in [-0.3, -0.25) is 43.2 Å². The number of Topliss-reactive ketones (excluding diaryl/α,β-unsaturated/α-hetero) is 1. The van der Waals surface area contributed by atoms with Crippen LogP contribution in [0.3, 0.4) is 0 Å². The van der Waals surface area contributed by atoms with E-state index in [4.69, 9.17) is 61.6 Å². The molecule has 19 N–H and O–H groups in total. The summed E-state index contributed by atoms with van der Waals surface area (Å²) in [4.78, 5) is 154. The van der Waals surface area contributed by atoms with Gasteiger partial charge in [0.15, 0.2) is 18.9 Å². The molecule has 11 amide bonds. The highest BCUT2D eigenvalue weighted by Crippen LogP contribution is 2.39. The predicted molar refractivity (Wildman–Crippen MR) is 509 cm³/mol. The summed E-state index contributed by atoms with van der Waals surface area (Å²) in [6.45, 7) is 10.1. The number of aliphatic hydroxyl groups is 9. The molecule has 45 nitrogen and oxygen atoms in total. The maximum atomic E-state index is 14.2. The van der Waals surface area contributed by atoms with Crippen LogP contribution in [0.2, 0.25) is 0 Å². The second kappa shape index (κ2) is 73.3. The smallest absolute Gasteiger partial charge is 0.407 e. The van der Waals surface area contributed by atoms with Gasteiger partial charge < -0.3 is 166 Å². The summed E-state index contributed by atoms with van der Waals surface area (Å²) < 4.78 is 73.1. The van der Waals surface area contributed by atoms with Gasteiger partial charge in [-0.05, 0) is 136 Å². The van der Waals surface area contributed by atoms with E-state index in [1.165, 1.54) is 20.8 Å². The molecule has 4 aliphatic heterocycles. The van der Waals surface area contributed by atoms with Gasteiger partial charge in [-0.25, -0.2) is 14.4 Å². The fraction of sp³-hybridized carbons (Fsp3) is 0.870. The number of ketones is 1. The normalized spacial score (nSPS) is 23.5. The first-order chi connectivity index (χ1) is 66.7. The first kappa shape index (κ1) is 124. The van der Waals surface area contributed by atoms with E-state index in [9.17, 15) is 103 Å². The zero-order valence-corrected chi connectivity index (χ0v) is 84.1. The van der Waals surface area contributed by atoms with Gasteiger partial charge in [0.05, 0.1) is 105 Å². The summed E-state index contributed by atoms with van der Waals surface area (Å²) in [6, 6.07) is -3.32. The summed E-state index contributed by atoms with van der Waals surface area (Å²) in [6.07, 6.45) is -2.78. The molecule has 4 fully saturated rings. The van der Waals surface area contributed by atoms with Crippen LogP contribution in [0.15, 0.2) is 0 Å². The minimum absolute atomic E-state index is 0.0104. The van der Waals surface area contributed by atoms with Crippen molar-refractivity contribution >= 4 is 92.9 Å². The van der Waals surface area contributed by atoms with Crippen molar-refractivity contribution in [3.63, 3.8) is 0 Å². The summed E-state index contributed by atoms with van der Waals surface area (Å²) in [5.74, 6) is -1.60. The van der Waals surface area contributed by atoms with Gasteiger partial charge in [0, 0.05) is 142 Å². The predicted octanol–water partition coefficient (Wildman–Crippen LogP) is 1.37. The third-order valence-electron chi connectivity index (χ3n) is 23.8. The molecule has 4 heterocycles. The molecule has 4 saturated heterocycles. The Bertz CT molecular complexity index is 3240. The lowest BCUT2D eigenvalue weighted by Gasteiger charge is -2.42. The Balaban J connectivity index is 1.29. The van der Waals surface area contributed by atoms with Crippen molar-refractivity contribution in [3.8, 4) is 0 Å². The van der Waals surface area contributed by atoms with Gasteiger partial charge >= 0.3 is 18.3 Å². The fourth-order valence-corrected chi connectivity index (χ4v) is 18.5. The van der Waals surface area contributed by atoms with Crippen molar-refractivity contribution in [3.05, 3.63) is 0 Å². The lowest BCUT2D eigenvalue weighted by Crippen LogP contribution is -2.64. The minimum atomic E-state index is -1.46.